The Bertz CT molecular complexity index is 1090. The van der Waals surface area contributed by atoms with Crippen molar-refractivity contribution >= 4 is 64.0 Å². The Kier molecular flexibility index (Phi) is 5.05. The second kappa shape index (κ2) is 6.64. The van der Waals surface area contributed by atoms with E-state index in [-0.39, 0.29) is 10.8 Å². The lowest BCUT2D eigenvalue weighted by Gasteiger charge is -2.14. The van der Waals surface area contributed by atoms with E-state index < -0.39 is 52.8 Å². The Balaban J connectivity index is 3.20. The average Bonchev–Trinajstić information content (AvgIpc) is 2.50. The highest BCUT2D eigenvalue weighted by molar-refractivity contribution is 7.86. The number of phenols is 1. The zero-order valence-electron chi connectivity index (χ0n) is 12.5. The summed E-state index contributed by atoms with van der Waals surface area (Å²) < 4.78 is 64.7. The lowest BCUT2D eigenvalue weighted by molar-refractivity contribution is 0.472. The molecule has 0 aromatic heterocycles. The molecule has 0 saturated heterocycles. The highest BCUT2D eigenvalue weighted by atomic mass is 32.2. The SMILES string of the molecule is [B]N=Nc1c(S(=O)(=O)O)cc2cc(S(=O)(=O)O)c(N=N[B])c(O)c2c1N. The number of hydrogen-bond acceptors (Lipinski definition) is 10. The molecule has 2 aromatic carbocycles. The van der Waals surface area contributed by atoms with Crippen LogP contribution in [-0.4, -0.2) is 47.0 Å². The second-order valence-corrected chi connectivity index (χ2v) is 7.47. The van der Waals surface area contributed by atoms with Crippen LogP contribution < -0.4 is 5.73 Å². The molecule has 4 radical (unpaired) electrons. The number of nitrogen functional groups attached to an aromatic ring is 1. The molecule has 2 aromatic rings. The van der Waals surface area contributed by atoms with Crippen molar-refractivity contribution in [1.82, 2.24) is 0 Å². The van der Waals surface area contributed by atoms with Gasteiger partial charge in [-0.1, -0.05) is 0 Å². The molecule has 132 valence electrons. The predicted molar refractivity (Wildman–Crippen MR) is 90.2 cm³/mol. The van der Waals surface area contributed by atoms with E-state index in [1.165, 1.54) is 0 Å². The Labute approximate surface area is 149 Å². The van der Waals surface area contributed by atoms with Gasteiger partial charge in [-0.05, 0) is 17.5 Å². The van der Waals surface area contributed by atoms with Gasteiger partial charge < -0.3 is 10.8 Å². The van der Waals surface area contributed by atoms with Gasteiger partial charge in [-0.25, -0.2) is 0 Å². The van der Waals surface area contributed by atoms with Crippen LogP contribution in [-0.2, 0) is 20.2 Å². The van der Waals surface area contributed by atoms with E-state index in [9.17, 15) is 31.0 Å². The molecule has 26 heavy (non-hydrogen) atoms. The van der Waals surface area contributed by atoms with Gasteiger partial charge in [0.05, 0.1) is 11.1 Å². The van der Waals surface area contributed by atoms with Gasteiger partial charge in [0, 0.05) is 0 Å². The van der Waals surface area contributed by atoms with Crippen molar-refractivity contribution in [2.45, 2.75) is 9.79 Å². The van der Waals surface area contributed by atoms with Crippen LogP contribution in [0.2, 0.25) is 0 Å². The topological polar surface area (TPSA) is 204 Å². The van der Waals surface area contributed by atoms with Gasteiger partial charge in [-0.15, -0.1) is 0 Å². The van der Waals surface area contributed by atoms with Crippen molar-refractivity contribution in [3.8, 4) is 5.75 Å². The number of nitrogens with two attached hydrogens (primary N) is 1. The first-order valence-corrected chi connectivity index (χ1v) is 9.10. The Hall–Kier alpha value is -2.55. The lowest BCUT2D eigenvalue weighted by atomic mass is 10.1. The average molecular weight is 395 g/mol. The Morgan fingerprint density at radius 3 is 1.73 bits per heavy atom. The van der Waals surface area contributed by atoms with Gasteiger partial charge in [0.25, 0.3) is 36.2 Å². The second-order valence-electron chi connectivity index (χ2n) is 4.69. The maximum Gasteiger partial charge on any atom is 0.296 e. The monoisotopic (exact) mass is 395 g/mol. The van der Waals surface area contributed by atoms with Crippen LogP contribution in [0.3, 0.4) is 0 Å². The molecule has 0 amide bonds. The maximum absolute atomic E-state index is 11.5. The van der Waals surface area contributed by atoms with Crippen molar-refractivity contribution in [3.05, 3.63) is 12.1 Å². The fourth-order valence-electron chi connectivity index (χ4n) is 2.22. The quantitative estimate of drug-likeness (QED) is 0.253. The molecule has 0 aliphatic carbocycles. The highest BCUT2D eigenvalue weighted by Crippen LogP contribution is 2.47. The zero-order valence-corrected chi connectivity index (χ0v) is 14.1. The predicted octanol–water partition coefficient (Wildman–Crippen LogP) is 0.955. The standard InChI is InChI=1S/C10H7B2N5O7S2/c11-16-14-8-4(25(19,20)21)1-3-2-5(26(22,23)24)9(15-17-12)10(18)6(3)7(8)13/h1-2,18H,13H2,(H,19,20,21)(H,22,23,24). The van der Waals surface area contributed by atoms with E-state index in [0.717, 1.165) is 12.1 Å². The van der Waals surface area contributed by atoms with E-state index in [4.69, 9.17) is 21.7 Å². The number of fused-ring (bicyclic) bond motifs is 1. The Morgan fingerprint density at radius 2 is 1.31 bits per heavy atom. The van der Waals surface area contributed by atoms with Crippen molar-refractivity contribution < 1.29 is 31.0 Å². The minimum atomic E-state index is -4.94. The summed E-state index contributed by atoms with van der Waals surface area (Å²) in [6.45, 7) is 0. The number of phenolic OH excluding ortho intramolecular Hbond substituents is 1. The lowest BCUT2D eigenvalue weighted by Crippen LogP contribution is -2.03. The fourth-order valence-corrected chi connectivity index (χ4v) is 3.55. The van der Waals surface area contributed by atoms with Crippen molar-refractivity contribution in [3.63, 3.8) is 0 Å². The van der Waals surface area contributed by atoms with Gasteiger partial charge >= 0.3 is 0 Å². The number of rotatable bonds is 4. The summed E-state index contributed by atoms with van der Waals surface area (Å²) >= 11 is 0. The van der Waals surface area contributed by atoms with Gasteiger partial charge in [0.1, 0.15) is 21.2 Å². The first-order chi connectivity index (χ1) is 11.9. The van der Waals surface area contributed by atoms with Gasteiger partial charge in [-0.2, -0.15) is 27.1 Å². The fraction of sp³-hybridized carbons (Fsp3) is 0. The van der Waals surface area contributed by atoms with Crippen LogP contribution in [0.25, 0.3) is 10.8 Å². The van der Waals surface area contributed by atoms with E-state index in [1.807, 2.05) is 0 Å². The molecule has 12 nitrogen and oxygen atoms in total. The summed E-state index contributed by atoms with van der Waals surface area (Å²) in [7, 11) is -0.0876. The summed E-state index contributed by atoms with van der Waals surface area (Å²) in [6.07, 6.45) is 0. The van der Waals surface area contributed by atoms with Gasteiger partial charge in [0.15, 0.2) is 5.75 Å². The summed E-state index contributed by atoms with van der Waals surface area (Å²) in [4.78, 5) is -1.81. The Morgan fingerprint density at radius 1 is 0.885 bits per heavy atom. The van der Waals surface area contributed by atoms with Crippen LogP contribution in [0.5, 0.6) is 5.75 Å². The molecular weight excluding hydrogens is 388 g/mol. The van der Waals surface area contributed by atoms with E-state index in [2.05, 4.69) is 20.3 Å². The molecule has 0 heterocycles. The highest BCUT2D eigenvalue weighted by Gasteiger charge is 2.27. The molecule has 0 saturated carbocycles. The van der Waals surface area contributed by atoms with Gasteiger partial charge in [0.2, 0.25) is 0 Å². The number of benzene rings is 2. The smallest absolute Gasteiger partial charge is 0.296 e. The number of hydrogen-bond donors (Lipinski definition) is 4. The number of aromatic hydroxyl groups is 1. The van der Waals surface area contributed by atoms with E-state index in [0.29, 0.717) is 0 Å². The minimum Gasteiger partial charge on any atom is -0.505 e. The normalized spacial score (nSPS) is 13.2. The van der Waals surface area contributed by atoms with Crippen molar-refractivity contribution in [2.24, 2.45) is 20.3 Å². The molecule has 16 heteroatoms. The van der Waals surface area contributed by atoms with Crippen LogP contribution in [0.15, 0.2) is 42.2 Å². The first-order valence-electron chi connectivity index (χ1n) is 6.22. The summed E-state index contributed by atoms with van der Waals surface area (Å²) in [5, 5.41) is 21.9. The minimum absolute atomic E-state index is 0.299. The zero-order chi connectivity index (χ0) is 19.9. The van der Waals surface area contributed by atoms with E-state index in [1.54, 1.807) is 0 Å². The molecular formula is C10H7B2N5O7S2. The van der Waals surface area contributed by atoms with Crippen LogP contribution in [0, 0.1) is 0 Å². The molecule has 0 aliphatic rings. The van der Waals surface area contributed by atoms with Crippen LogP contribution in [0.1, 0.15) is 0 Å². The molecule has 0 spiro atoms. The van der Waals surface area contributed by atoms with Crippen molar-refractivity contribution in [1.29, 1.82) is 0 Å². The molecule has 0 aliphatic heterocycles. The molecule has 0 atom stereocenters. The molecule has 0 unspecified atom stereocenters. The van der Waals surface area contributed by atoms with Gasteiger partial charge in [-0.3, -0.25) is 19.2 Å². The molecule has 0 bridgehead atoms. The van der Waals surface area contributed by atoms with Crippen LogP contribution in [0.4, 0.5) is 17.1 Å². The van der Waals surface area contributed by atoms with E-state index >= 15 is 0 Å². The summed E-state index contributed by atoms with van der Waals surface area (Å²) in [6, 6.07) is 1.48. The van der Waals surface area contributed by atoms with Crippen LogP contribution >= 0.6 is 0 Å². The third kappa shape index (κ3) is 3.39. The molecule has 5 N–H and O–H groups in total. The maximum atomic E-state index is 11.5. The molecule has 2 rings (SSSR count). The summed E-state index contributed by atoms with van der Waals surface area (Å²) in [5.74, 6) is -0.905. The third-order valence-electron chi connectivity index (χ3n) is 3.19. The summed E-state index contributed by atoms with van der Waals surface area (Å²) in [5.41, 5.74) is 3.86. The largest absolute Gasteiger partial charge is 0.505 e. The number of anilines is 1. The van der Waals surface area contributed by atoms with Crippen molar-refractivity contribution in [2.75, 3.05) is 5.73 Å². The first kappa shape index (κ1) is 19.8. The number of nitrogens with zero attached hydrogens (tertiary/aromatic N) is 4. The third-order valence-corrected chi connectivity index (χ3v) is 4.92. The molecule has 0 fully saturated rings.